The summed E-state index contributed by atoms with van der Waals surface area (Å²) < 4.78 is 64.6. The third-order valence-corrected chi connectivity index (χ3v) is 15.3. The van der Waals surface area contributed by atoms with E-state index in [1.165, 1.54) is 82.9 Å². The maximum Gasteiger partial charge on any atom is 0.417 e. The van der Waals surface area contributed by atoms with E-state index in [-0.39, 0.29) is 26.7 Å². The summed E-state index contributed by atoms with van der Waals surface area (Å²) in [7, 11) is 4.44. The molecule has 0 bridgehead atoms. The van der Waals surface area contributed by atoms with Crippen LogP contribution in [0.4, 0.5) is 17.6 Å². The standard InChI is InChI=1S/2C9H9ClO3.C8H4ClF3O.C8H7ClO2.C8H7ClO.C7H4BrClO.C7H3Cl3O.C7H4Cl2O.C7H4ClFO/c1-12-6-4-3-5-7(13-2)8(6)9(10)11;1-6(11)9(13)5-3-2-4-7(9)8(10)12;9-7(13)5-3-1-2-4-6(5)8(10,11)12;1-11-7-5-3-2-4-6(7)8(9)10;1-6-4-2-3-5-7(6)8(9)10;8-6-3-1-2-5(4-6)7(9)10;8-4-2-1-3-5(9)6(4)7(10)11;8-6-3-1-2-5(4-6)7(9)10;8-7(10)5-2-1-3-6(9)4-5/h3-5H,1-2H3;2-5,7,13H,1H3;1-4H;2-5H,1H3;2-5H,1H3;1-4H;1-3H;2*1-4H. The largest absolute Gasteiger partial charge is 0.496 e. The van der Waals surface area contributed by atoms with E-state index in [0.717, 1.165) is 28.2 Å². The average Bonchev–Trinajstić information content (AvgIpc) is 0.823. The van der Waals surface area contributed by atoms with Gasteiger partial charge in [0.25, 0.3) is 41.9 Å². The number of allylic oxidation sites excluding steroid dienone is 2. The zero-order valence-electron chi connectivity index (χ0n) is 52.4. The van der Waals surface area contributed by atoms with Gasteiger partial charge in [0, 0.05) is 37.3 Å². The third-order valence-electron chi connectivity index (χ3n) is 12.1. The van der Waals surface area contributed by atoms with E-state index < -0.39 is 87.6 Å². The average molecular weight is 1700 g/mol. The van der Waals surface area contributed by atoms with Crippen LogP contribution in [0, 0.1) is 18.7 Å². The highest BCUT2D eigenvalue weighted by atomic mass is 79.9. The predicted molar refractivity (Wildman–Crippen MR) is 393 cm³/mol. The van der Waals surface area contributed by atoms with Crippen molar-refractivity contribution >= 4 is 208 Å². The van der Waals surface area contributed by atoms with Gasteiger partial charge in [-0.15, -0.1) is 0 Å². The Kier molecular flexibility index (Phi) is 43.1. The second-order valence-electron chi connectivity index (χ2n) is 18.8. The summed E-state index contributed by atoms with van der Waals surface area (Å²) in [6.45, 7) is 3.08. The topological polar surface area (TPSA) is 219 Å². The Hall–Kier alpha value is -7.02. The molecule has 1 N–H and O–H groups in total. The summed E-state index contributed by atoms with van der Waals surface area (Å²) in [6.07, 6.45) is 1.23. The predicted octanol–water partition coefficient (Wildman–Crippen LogP) is 21.6. The van der Waals surface area contributed by atoms with E-state index in [2.05, 4.69) is 15.9 Å². The Labute approximate surface area is 644 Å². The number of benzene rings is 8. The highest BCUT2D eigenvalue weighted by Crippen LogP contribution is 2.33. The molecule has 31 heteroatoms. The normalized spacial score (nSPS) is 12.6. The van der Waals surface area contributed by atoms with Gasteiger partial charge in [0.15, 0.2) is 11.4 Å². The minimum atomic E-state index is -4.54. The first-order valence-electron chi connectivity index (χ1n) is 27.4. The van der Waals surface area contributed by atoms with E-state index in [1.54, 1.807) is 115 Å². The van der Waals surface area contributed by atoms with Crippen molar-refractivity contribution in [3.8, 4) is 17.2 Å². The van der Waals surface area contributed by atoms with Crippen LogP contribution in [0.1, 0.15) is 101 Å². The number of carbonyl (C=O) groups excluding carboxylic acids is 10. The number of carbonyl (C=O) groups is 10. The Bertz CT molecular complexity index is 4100. The molecule has 0 radical (unpaired) electrons. The molecule has 534 valence electrons. The highest BCUT2D eigenvalue weighted by molar-refractivity contribution is 9.10. The zero-order chi connectivity index (χ0) is 76.9. The van der Waals surface area contributed by atoms with E-state index in [0.29, 0.717) is 44.5 Å². The molecule has 2 unspecified atom stereocenters. The third kappa shape index (κ3) is 33.3. The second-order valence-corrected chi connectivity index (χ2v) is 24.1. The van der Waals surface area contributed by atoms with Crippen LogP contribution in [0.25, 0.3) is 0 Å². The molecule has 0 aromatic heterocycles. The van der Waals surface area contributed by atoms with Crippen LogP contribution in [-0.4, -0.2) is 85.0 Å². The van der Waals surface area contributed by atoms with Gasteiger partial charge in [-0.25, -0.2) is 4.39 Å². The molecule has 1 aliphatic rings. The smallest absolute Gasteiger partial charge is 0.417 e. The number of Topliss-reactive ketones (excluding diaryl/α,β-unsaturated/α-hetero) is 1. The summed E-state index contributed by atoms with van der Waals surface area (Å²) in [5, 5.41) is 5.35. The molecular formula is C70H51BrCl12F4O14. The lowest BCUT2D eigenvalue weighted by Gasteiger charge is -2.28. The van der Waals surface area contributed by atoms with Crippen LogP contribution in [0.15, 0.2) is 211 Å². The molecular weight excluding hydrogens is 1650 g/mol. The van der Waals surface area contributed by atoms with Crippen molar-refractivity contribution in [2.24, 2.45) is 5.92 Å². The number of para-hydroxylation sites is 1. The highest BCUT2D eigenvalue weighted by Gasteiger charge is 2.42. The van der Waals surface area contributed by atoms with E-state index >= 15 is 0 Å². The molecule has 9 rings (SSSR count). The monoisotopic (exact) mass is 1690 g/mol. The van der Waals surface area contributed by atoms with Crippen LogP contribution in [0.2, 0.25) is 15.1 Å². The minimum absolute atomic E-state index is 0.164. The van der Waals surface area contributed by atoms with Crippen molar-refractivity contribution in [1.82, 2.24) is 0 Å². The zero-order valence-corrected chi connectivity index (χ0v) is 63.0. The van der Waals surface area contributed by atoms with Crippen molar-refractivity contribution in [3.63, 3.8) is 0 Å². The first-order chi connectivity index (χ1) is 47.3. The summed E-state index contributed by atoms with van der Waals surface area (Å²) in [6, 6.07) is 46.9. The van der Waals surface area contributed by atoms with Crippen LogP contribution in [0.5, 0.6) is 17.2 Å². The van der Waals surface area contributed by atoms with Crippen molar-refractivity contribution in [1.29, 1.82) is 0 Å². The number of ketones is 1. The van der Waals surface area contributed by atoms with Gasteiger partial charge in [-0.1, -0.05) is 148 Å². The summed E-state index contributed by atoms with van der Waals surface area (Å²) in [4.78, 5) is 107. The van der Waals surface area contributed by atoms with Crippen LogP contribution in [-0.2, 0) is 15.8 Å². The molecule has 0 amide bonds. The number of ether oxygens (including phenoxy) is 3. The van der Waals surface area contributed by atoms with Crippen molar-refractivity contribution in [3.05, 3.63) is 287 Å². The van der Waals surface area contributed by atoms with Gasteiger partial charge in [0.05, 0.1) is 54.0 Å². The van der Waals surface area contributed by atoms with Crippen LogP contribution < -0.4 is 14.2 Å². The van der Waals surface area contributed by atoms with Gasteiger partial charge in [-0.2, -0.15) is 13.2 Å². The van der Waals surface area contributed by atoms with Crippen molar-refractivity contribution < 1.29 is 84.8 Å². The number of aryl methyl sites for hydroxylation is 1. The summed E-state index contributed by atoms with van der Waals surface area (Å²) >= 11 is 66.9. The van der Waals surface area contributed by atoms with Gasteiger partial charge in [0.2, 0.25) is 5.24 Å². The number of aliphatic hydroxyl groups is 1. The lowest BCUT2D eigenvalue weighted by atomic mass is 9.82. The molecule has 0 fully saturated rings. The quantitative estimate of drug-likeness (QED) is 0.0839. The number of hydrogen-bond acceptors (Lipinski definition) is 14. The Morgan fingerprint density at radius 2 is 0.861 bits per heavy atom. The number of halogens is 17. The van der Waals surface area contributed by atoms with Crippen LogP contribution in [0.3, 0.4) is 0 Å². The maximum absolute atomic E-state index is 12.3. The van der Waals surface area contributed by atoms with E-state index in [4.69, 9.17) is 153 Å². The molecule has 0 saturated heterocycles. The molecule has 0 aliphatic heterocycles. The molecule has 8 aromatic carbocycles. The lowest BCUT2D eigenvalue weighted by Crippen LogP contribution is -2.45. The number of methoxy groups -OCH3 is 3. The Morgan fingerprint density at radius 1 is 0.455 bits per heavy atom. The molecule has 8 aromatic rings. The fourth-order valence-electron chi connectivity index (χ4n) is 7.28. The molecule has 0 saturated carbocycles. The van der Waals surface area contributed by atoms with Gasteiger partial charge in [-0.05, 0) is 233 Å². The van der Waals surface area contributed by atoms with Crippen molar-refractivity contribution in [2.75, 3.05) is 21.3 Å². The fraction of sp³-hybridized carbons (Fsp3) is 0.114. The second kappa shape index (κ2) is 47.3. The maximum atomic E-state index is 12.3. The molecule has 2 atom stereocenters. The Balaban J connectivity index is 0.000000569. The molecule has 0 heterocycles. The van der Waals surface area contributed by atoms with Gasteiger partial charge >= 0.3 is 6.18 Å². The fourth-order valence-corrected chi connectivity index (χ4v) is 10.0. The van der Waals surface area contributed by atoms with Crippen LogP contribution >= 0.6 is 155 Å². The lowest BCUT2D eigenvalue weighted by molar-refractivity contribution is -0.138. The number of hydrogen-bond donors (Lipinski definition) is 1. The first-order valence-corrected chi connectivity index (χ1v) is 32.8. The number of rotatable bonds is 13. The molecule has 0 spiro atoms. The SMILES string of the molecule is CC(=O)C1(O)C=CC=CC1C(=O)Cl.COc1cccc(OC)c1C(=O)Cl.COc1ccccc1C(=O)Cl.Cc1ccccc1C(=O)Cl.O=C(Cl)c1c(Cl)cccc1Cl.O=C(Cl)c1cccc(Br)c1.O=C(Cl)c1cccc(Cl)c1.O=C(Cl)c1cccc(F)c1.O=C(Cl)c1ccccc1C(F)(F)F. The van der Waals surface area contributed by atoms with Crippen molar-refractivity contribution in [2.45, 2.75) is 25.6 Å². The molecule has 1 aliphatic carbocycles. The molecule has 101 heavy (non-hydrogen) atoms. The van der Waals surface area contributed by atoms with Gasteiger partial charge in [-0.3, -0.25) is 47.9 Å². The summed E-state index contributed by atoms with van der Waals surface area (Å²) in [5.41, 5.74) is 0.154. The van der Waals surface area contributed by atoms with Gasteiger partial charge < -0.3 is 19.3 Å². The minimum Gasteiger partial charge on any atom is -0.496 e. The van der Waals surface area contributed by atoms with E-state index in [9.17, 15) is 70.6 Å². The Morgan fingerprint density at radius 3 is 1.20 bits per heavy atom. The van der Waals surface area contributed by atoms with Gasteiger partial charge in [0.1, 0.15) is 28.6 Å². The summed E-state index contributed by atoms with van der Waals surface area (Å²) in [5.74, 6) is -0.582. The first kappa shape index (κ1) is 92.0. The van der Waals surface area contributed by atoms with E-state index in [1.807, 2.05) is 25.1 Å². The number of alkyl halides is 3. The molecule has 14 nitrogen and oxygen atoms in total.